The molecule has 9 heteroatoms. The van der Waals surface area contributed by atoms with Crippen LogP contribution in [0.15, 0.2) is 47.7 Å². The van der Waals surface area contributed by atoms with Crippen molar-refractivity contribution >= 4 is 22.6 Å². The third-order valence-electron chi connectivity index (χ3n) is 5.85. The zero-order valence-electron chi connectivity index (χ0n) is 16.7. The molecule has 1 aromatic carbocycles. The van der Waals surface area contributed by atoms with Gasteiger partial charge in [0.25, 0.3) is 5.56 Å². The average Bonchev–Trinajstić information content (AvgIpc) is 3.29. The predicted octanol–water partition coefficient (Wildman–Crippen LogP) is 2.92. The summed E-state index contributed by atoms with van der Waals surface area (Å²) in [6, 6.07) is 8.65. The second-order valence-corrected chi connectivity index (χ2v) is 8.80. The Labute approximate surface area is 177 Å². The molecule has 2 fully saturated rings. The number of H-pyrrole nitrogens is 1. The first-order chi connectivity index (χ1) is 14.2. The molecule has 2 aromatic heterocycles. The summed E-state index contributed by atoms with van der Waals surface area (Å²) in [5.41, 5.74) is -0.0348. The molecule has 0 bridgehead atoms. The van der Waals surface area contributed by atoms with Gasteiger partial charge in [0, 0.05) is 11.2 Å². The first-order valence-corrected chi connectivity index (χ1v) is 10.1. The molecule has 2 aliphatic rings. The Hall–Kier alpha value is -2.23. The highest BCUT2D eigenvalue weighted by Gasteiger charge is 2.65. The lowest BCUT2D eigenvalue weighted by molar-refractivity contribution is -0.223. The Morgan fingerprint density at radius 3 is 2.70 bits per heavy atom. The minimum absolute atomic E-state index is 0.329. The van der Waals surface area contributed by atoms with Crippen LogP contribution in [0.1, 0.15) is 38.7 Å². The maximum absolute atomic E-state index is 12.1. The van der Waals surface area contributed by atoms with Crippen LogP contribution in [-0.2, 0) is 14.2 Å². The number of hydrogen-bond donors (Lipinski definition) is 2. The lowest BCUT2D eigenvalue weighted by Crippen LogP contribution is -2.46. The molecule has 30 heavy (non-hydrogen) atoms. The van der Waals surface area contributed by atoms with E-state index in [1.54, 1.807) is 41.1 Å². The van der Waals surface area contributed by atoms with Crippen LogP contribution < -0.4 is 5.56 Å². The maximum atomic E-state index is 12.1. The summed E-state index contributed by atoms with van der Waals surface area (Å²) < 4.78 is 20.6. The van der Waals surface area contributed by atoms with Crippen LogP contribution in [0.25, 0.3) is 11.0 Å². The zero-order valence-corrected chi connectivity index (χ0v) is 17.5. The minimum atomic E-state index is -0.972. The molecule has 2 aliphatic heterocycles. The number of fused-ring (bicyclic) bond motifs is 2. The van der Waals surface area contributed by atoms with Gasteiger partial charge in [0.1, 0.15) is 29.6 Å². The highest BCUT2D eigenvalue weighted by Crippen LogP contribution is 2.53. The van der Waals surface area contributed by atoms with Gasteiger partial charge in [-0.2, -0.15) is 4.98 Å². The second kappa shape index (κ2) is 6.63. The van der Waals surface area contributed by atoms with Crippen molar-refractivity contribution in [1.29, 1.82) is 0 Å². The Balaban J connectivity index is 1.59. The average molecular weight is 432 g/mol. The molecule has 5 rings (SSSR count). The monoisotopic (exact) mass is 431 g/mol. The summed E-state index contributed by atoms with van der Waals surface area (Å²) in [6.45, 7) is 5.55. The number of aliphatic hydroxyl groups excluding tert-OH is 1. The highest BCUT2D eigenvalue weighted by atomic mass is 35.5. The molecule has 8 nitrogen and oxygen atoms in total. The number of nitrogens with zero attached hydrogens (tertiary/aromatic N) is 2. The molecule has 2 N–H and O–H groups in total. The van der Waals surface area contributed by atoms with E-state index in [1.807, 2.05) is 20.8 Å². The Kier molecular flexibility index (Phi) is 4.36. The SMILES string of the molecule is CC1(C)O[C@H]2[C@H](n3ccc4c(=O)nc[nH]c43)O[C@H](C(O)c3ccc(Cl)cc3)[C@@]2(C)O1. The Morgan fingerprint density at radius 2 is 1.97 bits per heavy atom. The molecule has 158 valence electrons. The number of rotatable bonds is 3. The highest BCUT2D eigenvalue weighted by molar-refractivity contribution is 6.30. The molecule has 5 atom stereocenters. The molecule has 0 saturated carbocycles. The van der Waals surface area contributed by atoms with Gasteiger partial charge in [-0.05, 0) is 44.5 Å². The second-order valence-electron chi connectivity index (χ2n) is 8.36. The largest absolute Gasteiger partial charge is 0.386 e. The van der Waals surface area contributed by atoms with Gasteiger partial charge in [0.05, 0.1) is 11.7 Å². The molecular formula is C21H22ClN3O5. The first kappa shape index (κ1) is 19.7. The zero-order chi connectivity index (χ0) is 21.3. The van der Waals surface area contributed by atoms with Crippen molar-refractivity contribution < 1.29 is 19.3 Å². The van der Waals surface area contributed by atoms with Gasteiger partial charge in [-0.3, -0.25) is 4.79 Å². The summed E-state index contributed by atoms with van der Waals surface area (Å²) in [5, 5.41) is 12.2. The fourth-order valence-corrected chi connectivity index (χ4v) is 4.72. The van der Waals surface area contributed by atoms with Crippen LogP contribution in [0.2, 0.25) is 5.02 Å². The topological polar surface area (TPSA) is 98.6 Å². The number of aliphatic hydroxyl groups is 1. The van der Waals surface area contributed by atoms with Gasteiger partial charge in [-0.1, -0.05) is 23.7 Å². The number of ether oxygens (including phenoxy) is 3. The van der Waals surface area contributed by atoms with Crippen molar-refractivity contribution in [2.75, 3.05) is 0 Å². The van der Waals surface area contributed by atoms with Crippen LogP contribution >= 0.6 is 11.6 Å². The third kappa shape index (κ3) is 2.91. The van der Waals surface area contributed by atoms with Crippen LogP contribution in [-0.4, -0.2) is 43.2 Å². The number of aromatic nitrogens is 3. The molecule has 3 aromatic rings. The number of hydrogen-bond acceptors (Lipinski definition) is 6. The van der Waals surface area contributed by atoms with Gasteiger partial charge in [-0.15, -0.1) is 0 Å². The van der Waals surface area contributed by atoms with Crippen LogP contribution in [0.4, 0.5) is 0 Å². The van der Waals surface area contributed by atoms with Gasteiger partial charge < -0.3 is 28.9 Å². The Morgan fingerprint density at radius 1 is 1.23 bits per heavy atom. The van der Waals surface area contributed by atoms with E-state index in [1.165, 1.54) is 6.33 Å². The number of nitrogens with one attached hydrogen (secondary N) is 1. The quantitative estimate of drug-likeness (QED) is 0.661. The maximum Gasteiger partial charge on any atom is 0.282 e. The summed E-state index contributed by atoms with van der Waals surface area (Å²) >= 11 is 5.99. The van der Waals surface area contributed by atoms with E-state index in [2.05, 4.69) is 9.97 Å². The fourth-order valence-electron chi connectivity index (χ4n) is 4.59. The molecule has 0 spiro atoms. The van der Waals surface area contributed by atoms with Gasteiger partial charge >= 0.3 is 0 Å². The van der Waals surface area contributed by atoms with Crippen LogP contribution in [0.3, 0.4) is 0 Å². The van der Waals surface area contributed by atoms with Gasteiger partial charge in [0.2, 0.25) is 0 Å². The van der Waals surface area contributed by atoms with Crippen molar-refractivity contribution in [1.82, 2.24) is 14.5 Å². The van der Waals surface area contributed by atoms with E-state index >= 15 is 0 Å². The molecule has 2 saturated heterocycles. The normalized spacial score (nSPS) is 31.2. The van der Waals surface area contributed by atoms with Crippen molar-refractivity contribution in [3.05, 3.63) is 63.8 Å². The Bertz CT molecular complexity index is 1160. The van der Waals surface area contributed by atoms with Crippen molar-refractivity contribution in [2.45, 2.75) is 56.7 Å². The van der Waals surface area contributed by atoms with E-state index in [0.717, 1.165) is 0 Å². The molecule has 0 amide bonds. The van der Waals surface area contributed by atoms with E-state index in [-0.39, 0.29) is 5.56 Å². The standard InChI is InChI=1S/C21H22ClN3O5/c1-20(2)29-16-19(25-9-8-13-17(25)23-10-24-18(13)27)28-15(21(16,3)30-20)14(26)11-4-6-12(22)7-5-11/h4-10,14-16,19,26H,1-3H3,(H,23,24,27)/t14?,15-,16+,19-,21-/m1/s1. The van der Waals surface area contributed by atoms with E-state index in [0.29, 0.717) is 21.6 Å². The van der Waals surface area contributed by atoms with Crippen molar-refractivity contribution in [3.8, 4) is 0 Å². The van der Waals surface area contributed by atoms with E-state index in [9.17, 15) is 9.90 Å². The number of halogens is 1. The third-order valence-corrected chi connectivity index (χ3v) is 6.10. The first-order valence-electron chi connectivity index (χ1n) is 9.71. The van der Waals surface area contributed by atoms with Crippen molar-refractivity contribution in [3.63, 3.8) is 0 Å². The molecule has 0 aliphatic carbocycles. The van der Waals surface area contributed by atoms with Crippen LogP contribution in [0.5, 0.6) is 0 Å². The lowest BCUT2D eigenvalue weighted by atomic mass is 9.88. The fraction of sp³-hybridized carbons (Fsp3) is 0.429. The minimum Gasteiger partial charge on any atom is -0.386 e. The summed E-state index contributed by atoms with van der Waals surface area (Å²) in [4.78, 5) is 18.9. The molecular weight excluding hydrogens is 410 g/mol. The summed E-state index contributed by atoms with van der Waals surface area (Å²) in [7, 11) is 0. The van der Waals surface area contributed by atoms with Gasteiger partial charge in [0.15, 0.2) is 12.0 Å². The van der Waals surface area contributed by atoms with E-state index in [4.69, 9.17) is 25.8 Å². The van der Waals surface area contributed by atoms with E-state index < -0.39 is 35.9 Å². The number of benzene rings is 1. The van der Waals surface area contributed by atoms with Crippen molar-refractivity contribution in [2.24, 2.45) is 0 Å². The number of aromatic amines is 1. The molecule has 0 radical (unpaired) electrons. The lowest BCUT2D eigenvalue weighted by Gasteiger charge is -2.32. The summed E-state index contributed by atoms with van der Waals surface area (Å²) in [6.07, 6.45) is 0.263. The molecule has 1 unspecified atom stereocenters. The van der Waals surface area contributed by atoms with Gasteiger partial charge in [-0.25, -0.2) is 0 Å². The predicted molar refractivity (Wildman–Crippen MR) is 109 cm³/mol. The molecule has 4 heterocycles. The smallest absolute Gasteiger partial charge is 0.282 e. The van der Waals surface area contributed by atoms with Crippen LogP contribution in [0, 0.1) is 0 Å². The summed E-state index contributed by atoms with van der Waals surface area (Å²) in [5.74, 6) is -0.864.